The molecule has 0 fully saturated rings. The van der Waals surface area contributed by atoms with Crippen molar-refractivity contribution in [3.05, 3.63) is 157 Å². The lowest BCUT2D eigenvalue weighted by atomic mass is 9.85. The molecule has 6 rings (SSSR count). The van der Waals surface area contributed by atoms with E-state index in [0.717, 1.165) is 79.3 Å². The zero-order valence-corrected chi connectivity index (χ0v) is 46.6. The van der Waals surface area contributed by atoms with Crippen molar-refractivity contribution in [2.75, 3.05) is 98.6 Å². The second-order valence-corrected chi connectivity index (χ2v) is 20.9. The van der Waals surface area contributed by atoms with Crippen LogP contribution in [0.5, 0.6) is 0 Å². The molecule has 77 heavy (non-hydrogen) atoms. The van der Waals surface area contributed by atoms with Gasteiger partial charge >= 0.3 is 0 Å². The molecule has 0 spiro atoms. The number of nitrogens with one attached hydrogen (secondary N) is 6. The van der Waals surface area contributed by atoms with E-state index in [4.69, 9.17) is 9.47 Å². The summed E-state index contributed by atoms with van der Waals surface area (Å²) in [6, 6.07) is 33.2. The van der Waals surface area contributed by atoms with E-state index in [1.807, 2.05) is 111 Å². The molecular formula is C61H80N12O4. The molecule has 6 N–H and O–H groups in total. The molecule has 2 aromatic heterocycles. The monoisotopic (exact) mass is 1040 g/mol. The summed E-state index contributed by atoms with van der Waals surface area (Å²) >= 11 is 0. The standard InChI is InChI=1S/C61H80N12O4/c1-10-61(7,11-2)42-77-41-60(5,6)40-73(9)28-16-26-59(75)71-52-24-14-22-50(37-52)68-56-39-57(65-44-64-56)69-53-34-46(4)32-47(35-53)19-17-30-76-31-29-72(8)27-15-25-58(74)70-51-23-13-21-49(36-51)67-55-38-54(62-43-63-55)66-48-20-12-18-45(3)33-48/h12-16,18,20-26,32-39,43-44H,10-11,17,19,27-31,40-42H2,1-9H3,(H,70,74)(H,71,75)(H2,62,63,66,67)(H2,64,65,68,69). The van der Waals surface area contributed by atoms with E-state index in [0.29, 0.717) is 67.6 Å². The van der Waals surface area contributed by atoms with Crippen molar-refractivity contribution in [1.29, 1.82) is 0 Å². The van der Waals surface area contributed by atoms with E-state index in [1.54, 1.807) is 12.2 Å². The molecule has 0 saturated heterocycles. The Kier molecular flexibility index (Phi) is 22.7. The minimum atomic E-state index is -0.212. The fraction of sp³-hybridized carbons (Fsp3) is 0.377. The van der Waals surface area contributed by atoms with E-state index >= 15 is 0 Å². The van der Waals surface area contributed by atoms with Crippen molar-refractivity contribution in [2.45, 2.75) is 74.1 Å². The van der Waals surface area contributed by atoms with Crippen molar-refractivity contribution >= 4 is 69.2 Å². The van der Waals surface area contributed by atoms with Crippen molar-refractivity contribution in [2.24, 2.45) is 10.8 Å². The van der Waals surface area contributed by atoms with Crippen LogP contribution in [-0.4, -0.2) is 108 Å². The number of nitrogens with zero attached hydrogens (tertiary/aromatic N) is 6. The summed E-state index contributed by atoms with van der Waals surface area (Å²) in [5.41, 5.74) is 8.46. The number of aryl methyl sites for hydroxylation is 3. The Hall–Kier alpha value is -7.50. The lowest BCUT2D eigenvalue weighted by Crippen LogP contribution is -2.36. The van der Waals surface area contributed by atoms with Crippen molar-refractivity contribution in [3.63, 3.8) is 0 Å². The summed E-state index contributed by atoms with van der Waals surface area (Å²) in [7, 11) is 4.07. The number of aromatic nitrogens is 4. The number of benzene rings is 4. The zero-order valence-electron chi connectivity index (χ0n) is 46.6. The Morgan fingerprint density at radius 1 is 0.558 bits per heavy atom. The third kappa shape index (κ3) is 21.6. The Balaban J connectivity index is 0.860. The highest BCUT2D eigenvalue weighted by atomic mass is 16.5. The normalized spacial score (nSPS) is 11.9. The van der Waals surface area contributed by atoms with Crippen LogP contribution in [0.3, 0.4) is 0 Å². The highest BCUT2D eigenvalue weighted by Crippen LogP contribution is 2.28. The number of rotatable bonds is 31. The van der Waals surface area contributed by atoms with Gasteiger partial charge in [0.25, 0.3) is 0 Å². The van der Waals surface area contributed by atoms with Gasteiger partial charge in [0, 0.05) is 96.6 Å². The molecule has 2 heterocycles. The molecule has 4 aromatic carbocycles. The van der Waals surface area contributed by atoms with E-state index in [2.05, 4.69) is 128 Å². The van der Waals surface area contributed by atoms with Crippen molar-refractivity contribution in [1.82, 2.24) is 29.7 Å². The van der Waals surface area contributed by atoms with Gasteiger partial charge in [-0.2, -0.15) is 0 Å². The predicted molar refractivity (Wildman–Crippen MR) is 315 cm³/mol. The molecule has 0 aliphatic rings. The maximum absolute atomic E-state index is 12.9. The van der Waals surface area contributed by atoms with Crippen LogP contribution in [0, 0.1) is 24.7 Å². The maximum atomic E-state index is 12.9. The third-order valence-electron chi connectivity index (χ3n) is 12.9. The van der Waals surface area contributed by atoms with Crippen molar-refractivity contribution in [3.8, 4) is 0 Å². The van der Waals surface area contributed by atoms with Gasteiger partial charge in [-0.3, -0.25) is 9.59 Å². The minimum Gasteiger partial charge on any atom is -0.380 e. The zero-order chi connectivity index (χ0) is 55.0. The number of hydrogen-bond donors (Lipinski definition) is 6. The number of amides is 2. The van der Waals surface area contributed by atoms with Gasteiger partial charge < -0.3 is 51.2 Å². The fourth-order valence-electron chi connectivity index (χ4n) is 8.44. The lowest BCUT2D eigenvalue weighted by molar-refractivity contribution is -0.112. The molecule has 16 nitrogen and oxygen atoms in total. The highest BCUT2D eigenvalue weighted by molar-refractivity contribution is 6.00. The Bertz CT molecular complexity index is 2880. The summed E-state index contributed by atoms with van der Waals surface area (Å²) < 4.78 is 12.2. The lowest BCUT2D eigenvalue weighted by Gasteiger charge is -2.32. The van der Waals surface area contributed by atoms with E-state index in [1.165, 1.54) is 18.2 Å². The summed E-state index contributed by atoms with van der Waals surface area (Å²) in [6.07, 6.45) is 13.8. The van der Waals surface area contributed by atoms with Crippen molar-refractivity contribution < 1.29 is 19.1 Å². The first-order valence-electron chi connectivity index (χ1n) is 26.6. The molecule has 6 aromatic rings. The number of anilines is 10. The van der Waals surface area contributed by atoms with Gasteiger partial charge in [0.1, 0.15) is 35.9 Å². The van der Waals surface area contributed by atoms with Crippen LogP contribution in [0.15, 0.2) is 140 Å². The average molecular weight is 1050 g/mol. The minimum absolute atomic E-state index is 0.0143. The Labute approximate surface area is 456 Å². The van der Waals surface area contributed by atoms with Crippen LogP contribution < -0.4 is 31.9 Å². The second-order valence-electron chi connectivity index (χ2n) is 20.9. The van der Waals surface area contributed by atoms with Gasteiger partial charge in [0.15, 0.2) is 0 Å². The topological polar surface area (TPSA) is 183 Å². The molecule has 2 amide bonds. The number of carbonyl (C=O) groups excluding carboxylic acids is 2. The van der Waals surface area contributed by atoms with E-state index in [9.17, 15) is 9.59 Å². The summed E-state index contributed by atoms with van der Waals surface area (Å²) in [4.78, 5) is 47.5. The number of likely N-dealkylation sites (N-methyl/N-ethyl adjacent to an activating group) is 2. The SMILES string of the molecule is CCC(C)(CC)COCC(C)(C)CN(C)CC=CC(=O)Nc1cccc(Nc2cc(Nc3cc(C)cc(CCCOCCN(C)CC=CC(=O)Nc4cccc(Nc5cc(Nc6cccc(C)c6)ncn5)c4)c3)ncn2)c1. The first-order chi connectivity index (χ1) is 37.0. The van der Waals surface area contributed by atoms with E-state index < -0.39 is 0 Å². The molecule has 16 heteroatoms. The summed E-state index contributed by atoms with van der Waals surface area (Å²) in [5.74, 6) is 2.14. The molecule has 0 saturated carbocycles. The van der Waals surface area contributed by atoms with Crippen LogP contribution in [0.2, 0.25) is 0 Å². The number of hydrogen-bond acceptors (Lipinski definition) is 14. The van der Waals surface area contributed by atoms with Gasteiger partial charge in [-0.15, -0.1) is 0 Å². The fourth-order valence-corrected chi connectivity index (χ4v) is 8.44. The van der Waals surface area contributed by atoms with Crippen LogP contribution in [-0.2, 0) is 25.5 Å². The van der Waals surface area contributed by atoms with Gasteiger partial charge in [-0.05, 0) is 136 Å². The van der Waals surface area contributed by atoms with Gasteiger partial charge in [-0.25, -0.2) is 19.9 Å². The molecule has 0 radical (unpaired) electrons. The Morgan fingerprint density at radius 2 is 1.05 bits per heavy atom. The molecule has 0 atom stereocenters. The summed E-state index contributed by atoms with van der Waals surface area (Å²) in [5, 5.41) is 19.3. The van der Waals surface area contributed by atoms with Gasteiger partial charge in [0.2, 0.25) is 11.8 Å². The average Bonchev–Trinajstić information content (AvgIpc) is 3.37. The van der Waals surface area contributed by atoms with Crippen LogP contribution in [0.1, 0.15) is 70.6 Å². The van der Waals surface area contributed by atoms with Crippen LogP contribution in [0.25, 0.3) is 0 Å². The molecule has 0 aliphatic heterocycles. The smallest absolute Gasteiger partial charge is 0.248 e. The highest BCUT2D eigenvalue weighted by Gasteiger charge is 2.24. The van der Waals surface area contributed by atoms with Gasteiger partial charge in [0.05, 0.1) is 19.8 Å². The predicted octanol–water partition coefficient (Wildman–Crippen LogP) is 12.2. The molecule has 408 valence electrons. The summed E-state index contributed by atoms with van der Waals surface area (Å²) in [6.45, 7) is 20.8. The quantitative estimate of drug-likeness (QED) is 0.0179. The molecule has 0 unspecified atom stereocenters. The first-order valence-corrected chi connectivity index (χ1v) is 26.6. The molecule has 0 bridgehead atoms. The van der Waals surface area contributed by atoms with E-state index in [-0.39, 0.29) is 22.6 Å². The maximum Gasteiger partial charge on any atom is 0.248 e. The Morgan fingerprint density at radius 3 is 1.60 bits per heavy atom. The molecular weight excluding hydrogens is 965 g/mol. The third-order valence-corrected chi connectivity index (χ3v) is 12.9. The number of ether oxygens (including phenoxy) is 2. The second kappa shape index (κ2) is 29.7. The largest absolute Gasteiger partial charge is 0.380 e. The van der Waals surface area contributed by atoms with Gasteiger partial charge in [-0.1, -0.05) is 77.1 Å². The van der Waals surface area contributed by atoms with Crippen LogP contribution in [0.4, 0.5) is 57.4 Å². The number of carbonyl (C=O) groups is 2. The molecule has 0 aliphatic carbocycles. The van der Waals surface area contributed by atoms with Crippen LogP contribution >= 0.6 is 0 Å². The first kappa shape index (κ1) is 58.8.